The van der Waals surface area contributed by atoms with Gasteiger partial charge in [-0.3, -0.25) is 0 Å². The molecule has 1 aliphatic rings. The highest BCUT2D eigenvalue weighted by Crippen LogP contribution is 2.24. The highest BCUT2D eigenvalue weighted by Gasteiger charge is 2.28. The van der Waals surface area contributed by atoms with Gasteiger partial charge in [0.1, 0.15) is 0 Å². The molecule has 106 valence electrons. The lowest BCUT2D eigenvalue weighted by molar-refractivity contribution is 0.484. The van der Waals surface area contributed by atoms with Crippen LogP contribution >= 0.6 is 11.6 Å². The number of sulfonamides is 1. The molecule has 1 atom stereocenters. The SMILES string of the molecule is CC(NS(=O)(=O)C1CCNCC1)c1ccccc1Cl. The van der Waals surface area contributed by atoms with Gasteiger partial charge in [0.15, 0.2) is 0 Å². The molecule has 1 fully saturated rings. The van der Waals surface area contributed by atoms with E-state index in [1.165, 1.54) is 0 Å². The smallest absolute Gasteiger partial charge is 0.215 e. The fourth-order valence-corrected chi connectivity index (χ4v) is 4.31. The van der Waals surface area contributed by atoms with Gasteiger partial charge in [0.2, 0.25) is 10.0 Å². The van der Waals surface area contributed by atoms with E-state index >= 15 is 0 Å². The molecule has 0 amide bonds. The third-order valence-corrected chi connectivity index (χ3v) is 5.81. The molecule has 2 rings (SSSR count). The highest BCUT2D eigenvalue weighted by atomic mass is 35.5. The fourth-order valence-electron chi connectivity index (χ4n) is 2.34. The third kappa shape index (κ3) is 3.69. The normalized spacial score (nSPS) is 19.3. The first kappa shape index (κ1) is 14.8. The fraction of sp³-hybridized carbons (Fsp3) is 0.538. The summed E-state index contributed by atoms with van der Waals surface area (Å²) < 4.78 is 27.3. The summed E-state index contributed by atoms with van der Waals surface area (Å²) in [7, 11) is -3.30. The molecule has 0 saturated carbocycles. The molecule has 1 aliphatic heterocycles. The van der Waals surface area contributed by atoms with Crippen molar-refractivity contribution in [1.29, 1.82) is 0 Å². The van der Waals surface area contributed by atoms with E-state index in [1.54, 1.807) is 6.07 Å². The summed E-state index contributed by atoms with van der Waals surface area (Å²) in [5, 5.41) is 3.45. The van der Waals surface area contributed by atoms with Crippen LogP contribution in [0.2, 0.25) is 5.02 Å². The molecule has 1 aromatic rings. The predicted molar refractivity (Wildman–Crippen MR) is 77.8 cm³/mol. The van der Waals surface area contributed by atoms with Crippen LogP contribution in [0.1, 0.15) is 31.4 Å². The van der Waals surface area contributed by atoms with Crippen molar-refractivity contribution in [3.8, 4) is 0 Å². The van der Waals surface area contributed by atoms with Gasteiger partial charge in [0, 0.05) is 11.1 Å². The van der Waals surface area contributed by atoms with Crippen LogP contribution in [0, 0.1) is 0 Å². The Morgan fingerprint density at radius 2 is 1.95 bits per heavy atom. The van der Waals surface area contributed by atoms with Gasteiger partial charge in [-0.25, -0.2) is 13.1 Å². The molecule has 1 heterocycles. The van der Waals surface area contributed by atoms with Gasteiger partial charge >= 0.3 is 0 Å². The molecule has 4 nitrogen and oxygen atoms in total. The van der Waals surface area contributed by atoms with Crippen molar-refractivity contribution in [3.63, 3.8) is 0 Å². The lowest BCUT2D eigenvalue weighted by atomic mass is 10.1. The first-order chi connectivity index (χ1) is 9.00. The maximum atomic E-state index is 12.3. The van der Waals surface area contributed by atoms with Crippen LogP contribution in [0.3, 0.4) is 0 Å². The Morgan fingerprint density at radius 1 is 1.32 bits per heavy atom. The van der Waals surface area contributed by atoms with Crippen LogP contribution in [0.4, 0.5) is 0 Å². The zero-order valence-corrected chi connectivity index (χ0v) is 12.5. The second-order valence-electron chi connectivity index (χ2n) is 4.86. The van der Waals surface area contributed by atoms with E-state index in [0.29, 0.717) is 17.9 Å². The lowest BCUT2D eigenvalue weighted by Crippen LogP contribution is -2.42. The number of nitrogens with one attached hydrogen (secondary N) is 2. The van der Waals surface area contributed by atoms with Crippen molar-refractivity contribution in [2.45, 2.75) is 31.1 Å². The third-order valence-electron chi connectivity index (χ3n) is 3.44. The minimum absolute atomic E-state index is 0.307. The molecular weight excluding hydrogens is 284 g/mol. The number of hydrogen-bond acceptors (Lipinski definition) is 3. The zero-order chi connectivity index (χ0) is 13.9. The Hall–Kier alpha value is -0.620. The molecule has 0 spiro atoms. The lowest BCUT2D eigenvalue weighted by Gasteiger charge is -2.25. The highest BCUT2D eigenvalue weighted by molar-refractivity contribution is 7.90. The maximum absolute atomic E-state index is 12.3. The number of hydrogen-bond donors (Lipinski definition) is 2. The number of benzene rings is 1. The largest absolute Gasteiger partial charge is 0.317 e. The van der Waals surface area contributed by atoms with E-state index in [-0.39, 0.29) is 11.3 Å². The van der Waals surface area contributed by atoms with E-state index in [1.807, 2.05) is 25.1 Å². The van der Waals surface area contributed by atoms with Crippen molar-refractivity contribution in [2.24, 2.45) is 0 Å². The van der Waals surface area contributed by atoms with Crippen LogP contribution in [0.25, 0.3) is 0 Å². The summed E-state index contributed by atoms with van der Waals surface area (Å²) in [6, 6.07) is 6.99. The van der Waals surface area contributed by atoms with Gasteiger partial charge < -0.3 is 5.32 Å². The molecule has 6 heteroatoms. The second kappa shape index (κ2) is 6.22. The number of piperidine rings is 1. The van der Waals surface area contributed by atoms with E-state index in [4.69, 9.17) is 11.6 Å². The molecule has 19 heavy (non-hydrogen) atoms. The molecular formula is C13H19ClN2O2S. The predicted octanol–water partition coefficient (Wildman–Crippen LogP) is 2.07. The Labute approximate surface area is 119 Å². The molecule has 0 bridgehead atoms. The standard InChI is InChI=1S/C13H19ClN2O2S/c1-10(12-4-2-3-5-13(12)14)16-19(17,18)11-6-8-15-9-7-11/h2-5,10-11,15-16H,6-9H2,1H3. The van der Waals surface area contributed by atoms with Crippen molar-refractivity contribution < 1.29 is 8.42 Å². The van der Waals surface area contributed by atoms with Gasteiger partial charge in [-0.05, 0) is 44.5 Å². The minimum atomic E-state index is -3.30. The van der Waals surface area contributed by atoms with Crippen LogP contribution in [-0.2, 0) is 10.0 Å². The van der Waals surface area contributed by atoms with Crippen LogP contribution in [0.5, 0.6) is 0 Å². The topological polar surface area (TPSA) is 58.2 Å². The van der Waals surface area contributed by atoms with Gasteiger partial charge in [-0.1, -0.05) is 29.8 Å². The zero-order valence-electron chi connectivity index (χ0n) is 10.9. The summed E-state index contributed by atoms with van der Waals surface area (Å²) in [6.45, 7) is 3.33. The first-order valence-corrected chi connectivity index (χ1v) is 8.39. The maximum Gasteiger partial charge on any atom is 0.215 e. The van der Waals surface area contributed by atoms with Gasteiger partial charge in [-0.2, -0.15) is 0 Å². The molecule has 1 aromatic carbocycles. The quantitative estimate of drug-likeness (QED) is 0.895. The molecule has 0 aliphatic carbocycles. The van der Waals surface area contributed by atoms with E-state index in [0.717, 1.165) is 18.7 Å². The number of rotatable bonds is 4. The van der Waals surface area contributed by atoms with Gasteiger partial charge in [-0.15, -0.1) is 0 Å². The van der Waals surface area contributed by atoms with Crippen molar-refractivity contribution in [2.75, 3.05) is 13.1 Å². The Morgan fingerprint density at radius 3 is 2.58 bits per heavy atom. The molecule has 0 aromatic heterocycles. The average molecular weight is 303 g/mol. The van der Waals surface area contributed by atoms with E-state index in [2.05, 4.69) is 10.0 Å². The van der Waals surface area contributed by atoms with Gasteiger partial charge in [0.05, 0.1) is 5.25 Å². The summed E-state index contributed by atoms with van der Waals surface area (Å²) in [5.41, 5.74) is 0.807. The van der Waals surface area contributed by atoms with Crippen molar-refractivity contribution >= 4 is 21.6 Å². The summed E-state index contributed by atoms with van der Waals surface area (Å²) in [4.78, 5) is 0. The van der Waals surface area contributed by atoms with E-state index in [9.17, 15) is 8.42 Å². The molecule has 2 N–H and O–H groups in total. The van der Waals surface area contributed by atoms with Crippen molar-refractivity contribution in [1.82, 2.24) is 10.0 Å². The van der Waals surface area contributed by atoms with Gasteiger partial charge in [0.25, 0.3) is 0 Å². The Bertz CT molecular complexity index is 527. The summed E-state index contributed by atoms with van der Waals surface area (Å²) in [6.07, 6.45) is 1.31. The van der Waals surface area contributed by atoms with Crippen LogP contribution in [-0.4, -0.2) is 26.8 Å². The Kier molecular flexibility index (Phi) is 4.84. The van der Waals surface area contributed by atoms with Crippen molar-refractivity contribution in [3.05, 3.63) is 34.9 Å². The average Bonchev–Trinajstić information content (AvgIpc) is 2.39. The Balaban J connectivity index is 2.09. The summed E-state index contributed by atoms with van der Waals surface area (Å²) >= 11 is 6.09. The second-order valence-corrected chi connectivity index (χ2v) is 7.26. The summed E-state index contributed by atoms with van der Waals surface area (Å²) in [5.74, 6) is 0. The monoisotopic (exact) mass is 302 g/mol. The molecule has 1 unspecified atom stereocenters. The first-order valence-electron chi connectivity index (χ1n) is 6.47. The van der Waals surface area contributed by atoms with Crippen LogP contribution < -0.4 is 10.0 Å². The number of halogens is 1. The minimum Gasteiger partial charge on any atom is -0.317 e. The molecule has 0 radical (unpaired) electrons. The van der Waals surface area contributed by atoms with Crippen LogP contribution in [0.15, 0.2) is 24.3 Å². The molecule has 1 saturated heterocycles. The van der Waals surface area contributed by atoms with E-state index < -0.39 is 10.0 Å².